The molecule has 0 bridgehead atoms. The lowest BCUT2D eigenvalue weighted by Crippen LogP contribution is -2.27. The summed E-state index contributed by atoms with van der Waals surface area (Å²) < 4.78 is 6.73. The van der Waals surface area contributed by atoms with Gasteiger partial charge in [-0.05, 0) is 48.9 Å². The number of pyridine rings is 2. The molecule has 7 heteroatoms. The first-order chi connectivity index (χ1) is 13.7. The summed E-state index contributed by atoms with van der Waals surface area (Å²) in [6.07, 6.45) is 8.03. The van der Waals surface area contributed by atoms with Crippen LogP contribution in [0.15, 0.2) is 48.9 Å². The molecule has 0 aromatic carbocycles. The van der Waals surface area contributed by atoms with Crippen molar-refractivity contribution in [2.24, 2.45) is 5.92 Å². The molecular formula is C21H18N4O2S. The molecule has 6 nitrogen and oxygen atoms in total. The van der Waals surface area contributed by atoms with Crippen molar-refractivity contribution < 1.29 is 9.47 Å². The molecule has 1 atom stereocenters. The Morgan fingerprint density at radius 2 is 2.14 bits per heavy atom. The predicted octanol–water partition coefficient (Wildman–Crippen LogP) is 4.30. The average molecular weight is 390 g/mol. The van der Waals surface area contributed by atoms with Crippen LogP contribution in [0.3, 0.4) is 0 Å². The highest BCUT2D eigenvalue weighted by molar-refractivity contribution is 7.18. The molecule has 0 fully saturated rings. The molecule has 1 aliphatic rings. The Morgan fingerprint density at radius 3 is 2.96 bits per heavy atom. The number of nitrogens with zero attached hydrogens (tertiary/aromatic N) is 4. The van der Waals surface area contributed by atoms with E-state index in [-0.39, 0.29) is 5.88 Å². The molecule has 0 spiro atoms. The fourth-order valence-corrected chi connectivity index (χ4v) is 4.97. The Morgan fingerprint density at radius 1 is 1.21 bits per heavy atom. The Kier molecular flexibility index (Phi) is 4.16. The summed E-state index contributed by atoms with van der Waals surface area (Å²) in [4.78, 5) is 15.9. The molecule has 0 unspecified atom stereocenters. The molecule has 4 heterocycles. The number of rotatable bonds is 3. The van der Waals surface area contributed by atoms with Crippen LogP contribution in [0.25, 0.3) is 21.6 Å². The van der Waals surface area contributed by atoms with E-state index < -0.39 is 0 Å². The van der Waals surface area contributed by atoms with Gasteiger partial charge in [-0.2, -0.15) is 4.98 Å². The zero-order valence-corrected chi connectivity index (χ0v) is 16.1. The highest BCUT2D eigenvalue weighted by Gasteiger charge is 2.26. The lowest BCUT2D eigenvalue weighted by atomic mass is 9.89. The minimum absolute atomic E-state index is 0.198. The number of hydrogen-bond acceptors (Lipinski definition) is 6. The SMILES string of the molecule is C[C@@H]1CCc2c(sc3nc(-c4cccnc4)nc(Oc4cccc[n+]4[O-])c23)C1. The Bertz CT molecular complexity index is 1160. The Hall–Kier alpha value is -3.06. The van der Waals surface area contributed by atoms with E-state index in [0.717, 1.165) is 35.0 Å². The van der Waals surface area contributed by atoms with Crippen molar-refractivity contribution in [1.82, 2.24) is 15.0 Å². The quantitative estimate of drug-likeness (QED) is 0.385. The van der Waals surface area contributed by atoms with E-state index in [1.807, 2.05) is 12.1 Å². The van der Waals surface area contributed by atoms with Crippen LogP contribution in [0.1, 0.15) is 23.8 Å². The highest BCUT2D eigenvalue weighted by atomic mass is 32.1. The van der Waals surface area contributed by atoms with Gasteiger partial charge in [0.05, 0.1) is 11.5 Å². The molecule has 0 saturated heterocycles. The fraction of sp³-hybridized carbons (Fsp3) is 0.238. The van der Waals surface area contributed by atoms with Gasteiger partial charge < -0.3 is 9.94 Å². The van der Waals surface area contributed by atoms with Crippen molar-refractivity contribution in [2.75, 3.05) is 0 Å². The zero-order valence-electron chi connectivity index (χ0n) is 15.3. The standard InChI is InChI=1S/C21H18N4O2S/c1-13-7-8-15-16(11-13)28-21-18(15)20(27-17-6-2-3-10-25(17)26)23-19(24-21)14-5-4-9-22-12-14/h2-6,9-10,12-13H,7-8,11H2,1H3/t13-/m1/s1. The van der Waals surface area contributed by atoms with E-state index >= 15 is 0 Å². The van der Waals surface area contributed by atoms with Gasteiger partial charge >= 0.3 is 5.88 Å². The van der Waals surface area contributed by atoms with Crippen molar-refractivity contribution in [3.8, 4) is 23.1 Å². The molecule has 28 heavy (non-hydrogen) atoms. The van der Waals surface area contributed by atoms with Gasteiger partial charge in [0.1, 0.15) is 4.83 Å². The second-order valence-corrected chi connectivity index (χ2v) is 8.18. The van der Waals surface area contributed by atoms with E-state index in [1.54, 1.807) is 41.9 Å². The van der Waals surface area contributed by atoms with Gasteiger partial charge in [0.15, 0.2) is 12.0 Å². The summed E-state index contributed by atoms with van der Waals surface area (Å²) in [6, 6.07) is 8.86. The molecule has 4 aromatic rings. The van der Waals surface area contributed by atoms with Gasteiger partial charge in [-0.3, -0.25) is 4.98 Å². The van der Waals surface area contributed by atoms with Crippen LogP contribution in [-0.2, 0) is 12.8 Å². The largest absolute Gasteiger partial charge is 0.616 e. The topological polar surface area (TPSA) is 74.8 Å². The highest BCUT2D eigenvalue weighted by Crippen LogP contribution is 2.42. The molecule has 5 rings (SSSR count). The van der Waals surface area contributed by atoms with E-state index in [1.165, 1.54) is 16.6 Å². The van der Waals surface area contributed by atoms with Crippen LogP contribution in [0.2, 0.25) is 0 Å². The summed E-state index contributed by atoms with van der Waals surface area (Å²) in [5.74, 6) is 1.85. The van der Waals surface area contributed by atoms with Gasteiger partial charge in [0.2, 0.25) is 5.88 Å². The first-order valence-electron chi connectivity index (χ1n) is 9.28. The summed E-state index contributed by atoms with van der Waals surface area (Å²) >= 11 is 1.70. The minimum Gasteiger partial charge on any atom is -0.616 e. The lowest BCUT2D eigenvalue weighted by molar-refractivity contribution is -0.611. The third-order valence-corrected chi connectivity index (χ3v) is 6.18. The maximum absolute atomic E-state index is 12.1. The van der Waals surface area contributed by atoms with Crippen molar-refractivity contribution in [3.05, 3.63) is 64.6 Å². The van der Waals surface area contributed by atoms with Crippen LogP contribution in [0, 0.1) is 11.1 Å². The molecule has 0 saturated carbocycles. The maximum atomic E-state index is 12.1. The summed E-state index contributed by atoms with van der Waals surface area (Å²) in [5.41, 5.74) is 2.08. The van der Waals surface area contributed by atoms with Crippen molar-refractivity contribution in [1.29, 1.82) is 0 Å². The average Bonchev–Trinajstić information content (AvgIpc) is 3.08. The van der Waals surface area contributed by atoms with Gasteiger partial charge in [-0.25, -0.2) is 4.98 Å². The predicted molar refractivity (Wildman–Crippen MR) is 107 cm³/mol. The van der Waals surface area contributed by atoms with E-state index in [0.29, 0.717) is 22.4 Å². The summed E-state index contributed by atoms with van der Waals surface area (Å²) in [7, 11) is 0. The van der Waals surface area contributed by atoms with E-state index in [4.69, 9.17) is 9.72 Å². The third kappa shape index (κ3) is 2.97. The van der Waals surface area contributed by atoms with Gasteiger partial charge in [-0.1, -0.05) is 6.92 Å². The molecule has 0 aliphatic heterocycles. The fourth-order valence-electron chi connectivity index (χ4n) is 3.60. The van der Waals surface area contributed by atoms with E-state index in [2.05, 4.69) is 16.9 Å². The summed E-state index contributed by atoms with van der Waals surface area (Å²) in [5, 5.41) is 13.1. The third-order valence-electron chi connectivity index (χ3n) is 5.03. The Balaban J connectivity index is 1.72. The molecule has 0 amide bonds. The zero-order chi connectivity index (χ0) is 19.1. The van der Waals surface area contributed by atoms with Gasteiger partial charge in [0, 0.05) is 28.9 Å². The molecule has 1 aliphatic carbocycles. The van der Waals surface area contributed by atoms with Crippen LogP contribution in [0.5, 0.6) is 11.8 Å². The second kappa shape index (κ2) is 6.83. The van der Waals surface area contributed by atoms with Gasteiger partial charge in [-0.15, -0.1) is 16.1 Å². The first-order valence-corrected chi connectivity index (χ1v) is 10.1. The second-order valence-electron chi connectivity index (χ2n) is 7.09. The minimum atomic E-state index is 0.198. The smallest absolute Gasteiger partial charge is 0.386 e. The van der Waals surface area contributed by atoms with Crippen LogP contribution < -0.4 is 9.47 Å². The van der Waals surface area contributed by atoms with Gasteiger partial charge in [0.25, 0.3) is 0 Å². The normalized spacial score (nSPS) is 16.1. The Labute approximate surface area is 166 Å². The van der Waals surface area contributed by atoms with Crippen LogP contribution in [0.4, 0.5) is 0 Å². The molecule has 0 N–H and O–H groups in total. The van der Waals surface area contributed by atoms with E-state index in [9.17, 15) is 5.21 Å². The monoisotopic (exact) mass is 390 g/mol. The van der Waals surface area contributed by atoms with Crippen molar-refractivity contribution in [2.45, 2.75) is 26.2 Å². The number of hydrogen-bond donors (Lipinski definition) is 0. The van der Waals surface area contributed by atoms with Crippen LogP contribution >= 0.6 is 11.3 Å². The number of ether oxygens (including phenoxy) is 1. The summed E-state index contributed by atoms with van der Waals surface area (Å²) in [6.45, 7) is 2.28. The number of thiophene rings is 1. The number of aryl methyl sites for hydroxylation is 1. The number of fused-ring (bicyclic) bond motifs is 3. The number of aromatic nitrogens is 4. The first kappa shape index (κ1) is 17.1. The molecular weight excluding hydrogens is 372 g/mol. The molecule has 4 aromatic heterocycles. The molecule has 0 radical (unpaired) electrons. The van der Waals surface area contributed by atoms with Crippen molar-refractivity contribution in [3.63, 3.8) is 0 Å². The maximum Gasteiger partial charge on any atom is 0.386 e. The lowest BCUT2D eigenvalue weighted by Gasteiger charge is -2.18. The van der Waals surface area contributed by atoms with Crippen LogP contribution in [-0.4, -0.2) is 15.0 Å². The van der Waals surface area contributed by atoms with Crippen molar-refractivity contribution >= 4 is 21.6 Å². The molecule has 140 valence electrons.